The van der Waals surface area contributed by atoms with Crippen LogP contribution in [0.4, 0.5) is 5.69 Å². The van der Waals surface area contributed by atoms with Crippen LogP contribution in [0.2, 0.25) is 0 Å². The third-order valence-corrected chi connectivity index (χ3v) is 5.35. The molecule has 1 aromatic heterocycles. The number of benzene rings is 1. The number of aromatic nitrogens is 1. The van der Waals surface area contributed by atoms with Gasteiger partial charge in [-0.1, -0.05) is 19.9 Å². The Kier molecular flexibility index (Phi) is 6.22. The summed E-state index contributed by atoms with van der Waals surface area (Å²) in [6.07, 6.45) is 2.49. The first-order valence-corrected chi connectivity index (χ1v) is 9.84. The molecule has 2 heterocycles. The van der Waals surface area contributed by atoms with E-state index in [1.54, 1.807) is 24.4 Å². The first-order valence-electron chi connectivity index (χ1n) is 9.84. The molecule has 0 radical (unpaired) electrons. The Morgan fingerprint density at radius 1 is 1.17 bits per heavy atom. The number of hydrogen-bond acceptors (Lipinski definition) is 4. The number of carboxylic acids is 2. The lowest BCUT2D eigenvalue weighted by atomic mass is 9.89. The molecule has 1 saturated heterocycles. The van der Waals surface area contributed by atoms with Crippen molar-refractivity contribution in [3.05, 3.63) is 30.0 Å². The molecule has 156 valence electrons. The molecule has 0 spiro atoms. The van der Waals surface area contributed by atoms with Gasteiger partial charge < -0.3 is 20.5 Å². The molecule has 3 rings (SSSR count). The van der Waals surface area contributed by atoms with E-state index in [1.165, 1.54) is 0 Å². The van der Waals surface area contributed by atoms with Crippen LogP contribution in [0.1, 0.15) is 44.7 Å². The molecule has 8 heteroatoms. The monoisotopic (exact) mass is 401 g/mol. The number of piperidine rings is 1. The number of nitrogens with zero attached hydrogens (tertiary/aromatic N) is 1. The van der Waals surface area contributed by atoms with Gasteiger partial charge in [0.2, 0.25) is 5.91 Å². The van der Waals surface area contributed by atoms with Crippen LogP contribution in [0.25, 0.3) is 10.9 Å². The molecule has 3 atom stereocenters. The minimum atomic E-state index is -1.02. The number of rotatable bonds is 7. The van der Waals surface area contributed by atoms with Crippen LogP contribution in [0, 0.1) is 11.8 Å². The van der Waals surface area contributed by atoms with Crippen molar-refractivity contribution < 1.29 is 24.6 Å². The molecule has 29 heavy (non-hydrogen) atoms. The van der Waals surface area contributed by atoms with Crippen molar-refractivity contribution in [2.24, 2.45) is 11.8 Å². The van der Waals surface area contributed by atoms with Crippen molar-refractivity contribution in [1.29, 1.82) is 0 Å². The zero-order valence-electron chi connectivity index (χ0n) is 16.6. The molecular formula is C21H27N3O5. The first kappa shape index (κ1) is 20.9. The number of hydrogen-bond donors (Lipinski definition) is 4. The number of amides is 1. The Bertz CT molecular complexity index is 912. The van der Waals surface area contributed by atoms with Crippen molar-refractivity contribution in [2.75, 3.05) is 18.4 Å². The third-order valence-electron chi connectivity index (χ3n) is 5.35. The lowest BCUT2D eigenvalue weighted by Crippen LogP contribution is -2.43. The van der Waals surface area contributed by atoms with Gasteiger partial charge >= 0.3 is 11.9 Å². The second-order valence-corrected chi connectivity index (χ2v) is 8.09. The van der Waals surface area contributed by atoms with Gasteiger partial charge in [0.25, 0.3) is 0 Å². The number of carbonyl (C=O) groups excluding carboxylic acids is 1. The van der Waals surface area contributed by atoms with E-state index in [4.69, 9.17) is 5.11 Å². The van der Waals surface area contributed by atoms with Crippen LogP contribution in [0.15, 0.2) is 24.4 Å². The van der Waals surface area contributed by atoms with Crippen molar-refractivity contribution in [2.45, 2.75) is 39.2 Å². The minimum Gasteiger partial charge on any atom is -0.481 e. The number of likely N-dealkylation sites (tertiary alicyclic amines) is 1. The zero-order chi connectivity index (χ0) is 21.1. The number of aromatic amines is 1. The summed E-state index contributed by atoms with van der Waals surface area (Å²) in [6, 6.07) is 4.50. The fourth-order valence-corrected chi connectivity index (χ4v) is 4.30. The number of fused-ring (bicyclic) bond motifs is 1. The van der Waals surface area contributed by atoms with Gasteiger partial charge in [0, 0.05) is 47.9 Å². The summed E-state index contributed by atoms with van der Waals surface area (Å²) in [5.74, 6) is -1.39. The second kappa shape index (κ2) is 8.65. The highest BCUT2D eigenvalue weighted by molar-refractivity contribution is 5.96. The highest BCUT2D eigenvalue weighted by Gasteiger charge is 2.34. The molecule has 8 nitrogen and oxygen atoms in total. The maximum Gasteiger partial charge on any atom is 0.325 e. The molecular weight excluding hydrogens is 374 g/mol. The molecule has 0 saturated carbocycles. The average Bonchev–Trinajstić information content (AvgIpc) is 3.02. The molecule has 1 amide bonds. The summed E-state index contributed by atoms with van der Waals surface area (Å²) in [6.45, 7) is 5.78. The van der Waals surface area contributed by atoms with Crippen LogP contribution in [0.5, 0.6) is 0 Å². The summed E-state index contributed by atoms with van der Waals surface area (Å²) in [4.78, 5) is 39.7. The van der Waals surface area contributed by atoms with Crippen molar-refractivity contribution in [3.63, 3.8) is 0 Å². The largest absolute Gasteiger partial charge is 0.481 e. The van der Waals surface area contributed by atoms with E-state index < -0.39 is 18.0 Å². The van der Waals surface area contributed by atoms with Gasteiger partial charge in [0.05, 0.1) is 6.42 Å². The molecule has 0 aliphatic carbocycles. The number of carbonyl (C=O) groups is 3. The van der Waals surface area contributed by atoms with Gasteiger partial charge in [-0.2, -0.15) is 0 Å². The normalized spacial score (nSPS) is 21.0. The lowest BCUT2D eigenvalue weighted by molar-refractivity contribution is -0.144. The van der Waals surface area contributed by atoms with E-state index >= 15 is 0 Å². The van der Waals surface area contributed by atoms with Crippen molar-refractivity contribution >= 4 is 34.4 Å². The van der Waals surface area contributed by atoms with Crippen LogP contribution < -0.4 is 5.32 Å². The summed E-state index contributed by atoms with van der Waals surface area (Å²) < 4.78 is 0. The van der Waals surface area contributed by atoms with Crippen molar-refractivity contribution in [3.8, 4) is 0 Å². The summed E-state index contributed by atoms with van der Waals surface area (Å²) in [7, 11) is 0. The summed E-state index contributed by atoms with van der Waals surface area (Å²) >= 11 is 0. The van der Waals surface area contributed by atoms with Crippen LogP contribution in [-0.2, 0) is 14.4 Å². The van der Waals surface area contributed by atoms with E-state index in [0.29, 0.717) is 23.1 Å². The van der Waals surface area contributed by atoms with Crippen LogP contribution in [0.3, 0.4) is 0 Å². The molecule has 1 aliphatic heterocycles. The van der Waals surface area contributed by atoms with Crippen LogP contribution in [-0.4, -0.2) is 51.0 Å². The molecule has 0 bridgehead atoms. The predicted molar refractivity (Wildman–Crippen MR) is 109 cm³/mol. The number of anilines is 1. The molecule has 1 aliphatic rings. The summed E-state index contributed by atoms with van der Waals surface area (Å²) in [5.41, 5.74) is 1.96. The Morgan fingerprint density at radius 2 is 1.86 bits per heavy atom. The fourth-order valence-electron chi connectivity index (χ4n) is 4.30. The van der Waals surface area contributed by atoms with Gasteiger partial charge in [-0.15, -0.1) is 0 Å². The third kappa shape index (κ3) is 4.95. The fraction of sp³-hybridized carbons (Fsp3) is 0.476. The highest BCUT2D eigenvalue weighted by Crippen LogP contribution is 2.34. The van der Waals surface area contributed by atoms with E-state index in [2.05, 4.69) is 24.1 Å². The van der Waals surface area contributed by atoms with Crippen molar-refractivity contribution in [1.82, 2.24) is 9.88 Å². The van der Waals surface area contributed by atoms with E-state index in [0.717, 1.165) is 30.4 Å². The topological polar surface area (TPSA) is 123 Å². The van der Waals surface area contributed by atoms with Gasteiger partial charge in [-0.3, -0.25) is 19.3 Å². The van der Waals surface area contributed by atoms with Gasteiger partial charge in [0.1, 0.15) is 6.04 Å². The minimum absolute atomic E-state index is 0.101. The number of H-pyrrole nitrogens is 1. The molecule has 4 N–H and O–H groups in total. The molecule has 1 aromatic carbocycles. The Hall–Kier alpha value is -2.87. The lowest BCUT2D eigenvalue weighted by Gasteiger charge is -2.38. The number of aliphatic carboxylic acids is 2. The van der Waals surface area contributed by atoms with Gasteiger partial charge in [-0.25, -0.2) is 0 Å². The smallest absolute Gasteiger partial charge is 0.325 e. The SMILES string of the molecule is CC1CC(C)CN(C(C(=O)O)c2c[nH]c3cc(NC(=O)CCC(=O)O)ccc23)C1. The Balaban J connectivity index is 1.83. The Labute approximate surface area is 168 Å². The van der Waals surface area contributed by atoms with E-state index in [1.807, 2.05) is 4.90 Å². The average molecular weight is 401 g/mol. The number of carboxylic acid groups (broad SMARTS) is 2. The first-order chi connectivity index (χ1) is 13.7. The Morgan fingerprint density at radius 3 is 2.48 bits per heavy atom. The maximum absolute atomic E-state index is 12.1. The van der Waals surface area contributed by atoms with E-state index in [9.17, 15) is 19.5 Å². The second-order valence-electron chi connectivity index (χ2n) is 8.09. The standard InChI is InChI=1S/C21H27N3O5/c1-12-7-13(2)11-24(10-12)20(21(28)29)16-9-22-17-8-14(3-4-15(16)17)23-18(25)5-6-19(26)27/h3-4,8-9,12-13,20,22H,5-7,10-11H2,1-2H3,(H,23,25)(H,26,27)(H,28,29). The maximum atomic E-state index is 12.1. The van der Waals surface area contributed by atoms with Gasteiger partial charge in [-0.05, 0) is 30.4 Å². The van der Waals surface area contributed by atoms with Crippen LogP contribution >= 0.6 is 0 Å². The highest BCUT2D eigenvalue weighted by atomic mass is 16.4. The molecule has 2 aromatic rings. The quantitative estimate of drug-likeness (QED) is 0.565. The zero-order valence-corrected chi connectivity index (χ0v) is 16.6. The van der Waals surface area contributed by atoms with E-state index in [-0.39, 0.29) is 18.7 Å². The summed E-state index contributed by atoms with van der Waals surface area (Å²) in [5, 5.41) is 22.1. The molecule has 3 unspecified atom stereocenters. The predicted octanol–water partition coefficient (Wildman–Crippen LogP) is 3.07. The number of nitrogens with one attached hydrogen (secondary N) is 2. The van der Waals surface area contributed by atoms with Gasteiger partial charge in [0.15, 0.2) is 0 Å². The molecule has 1 fully saturated rings.